The van der Waals surface area contributed by atoms with E-state index in [2.05, 4.69) is 21.5 Å². The van der Waals surface area contributed by atoms with Gasteiger partial charge in [-0.25, -0.2) is 9.50 Å². The van der Waals surface area contributed by atoms with E-state index in [1.165, 1.54) is 7.11 Å². The van der Waals surface area contributed by atoms with Gasteiger partial charge in [0.15, 0.2) is 17.1 Å². The molecule has 2 aromatic heterocycles. The minimum atomic E-state index is -0.630. The van der Waals surface area contributed by atoms with Crippen LogP contribution in [0.4, 0.5) is 5.69 Å². The molecule has 0 spiro atoms. The summed E-state index contributed by atoms with van der Waals surface area (Å²) in [6, 6.07) is 18.3. The molecule has 2 aliphatic carbocycles. The Labute approximate surface area is 238 Å². The van der Waals surface area contributed by atoms with Crippen LogP contribution in [0.15, 0.2) is 60.8 Å². The number of carbonyl (C=O) groups excluding carboxylic acids is 2. The Morgan fingerprint density at radius 2 is 1.93 bits per heavy atom. The average Bonchev–Trinajstić information content (AvgIpc) is 3.91. The zero-order valence-corrected chi connectivity index (χ0v) is 23.1. The topological polar surface area (TPSA) is 119 Å². The van der Waals surface area contributed by atoms with Gasteiger partial charge in [0.1, 0.15) is 5.78 Å². The van der Waals surface area contributed by atoms with Crippen molar-refractivity contribution in [3.05, 3.63) is 77.6 Å². The number of benzene rings is 2. The van der Waals surface area contributed by atoms with Crippen LogP contribution in [-0.4, -0.2) is 33.4 Å². The Bertz CT molecular complexity index is 1680. The number of aromatic nitrogens is 3. The number of rotatable bonds is 11. The van der Waals surface area contributed by atoms with E-state index in [4.69, 9.17) is 9.47 Å². The van der Waals surface area contributed by atoms with Crippen LogP contribution in [0.2, 0.25) is 0 Å². The number of ketones is 1. The number of anilines is 1. The first kappa shape index (κ1) is 26.5. The van der Waals surface area contributed by atoms with Crippen molar-refractivity contribution in [2.45, 2.75) is 50.9 Å². The molecule has 6 rings (SSSR count). The molecule has 2 heterocycles. The maximum atomic E-state index is 13.2. The first-order valence-electron chi connectivity index (χ1n) is 13.9. The Balaban J connectivity index is 1.18. The minimum absolute atomic E-state index is 0.181. The van der Waals surface area contributed by atoms with Gasteiger partial charge in [-0.1, -0.05) is 25.0 Å². The molecule has 2 saturated carbocycles. The van der Waals surface area contributed by atoms with Gasteiger partial charge < -0.3 is 14.8 Å². The number of amides is 1. The second-order valence-corrected chi connectivity index (χ2v) is 11.2. The van der Waals surface area contributed by atoms with E-state index in [1.54, 1.807) is 53.2 Å². The number of methoxy groups -OCH3 is 1. The zero-order chi connectivity index (χ0) is 28.6. The number of fused-ring (bicyclic) bond motifs is 1. The molecule has 9 nitrogen and oxygen atoms in total. The Kier molecular flexibility index (Phi) is 6.91. The standard InChI is InChI=1S/C32H31N5O4/c1-32(19-33,17-20-6-7-20)23-5-3-4-22(14-23)31(39)35-24-10-11-27(40-2)28(16-24)41-30-13-12-29-34-25(18-37(29)36-30)15-26(38)21-8-9-21/h3-5,10-14,16,18,20-21H,6-9,15,17H2,1-2H3,(H,35,39). The molecule has 2 fully saturated rings. The molecule has 9 heteroatoms. The number of hydrogen-bond donors (Lipinski definition) is 1. The van der Waals surface area contributed by atoms with Crippen LogP contribution in [0.1, 0.15) is 60.6 Å². The van der Waals surface area contributed by atoms with Gasteiger partial charge in [-0.3, -0.25) is 9.59 Å². The third kappa shape index (κ3) is 5.92. The third-order valence-electron chi connectivity index (χ3n) is 7.77. The van der Waals surface area contributed by atoms with E-state index in [0.29, 0.717) is 52.3 Å². The molecular weight excluding hydrogens is 518 g/mol. The number of hydrogen-bond acceptors (Lipinski definition) is 7. The van der Waals surface area contributed by atoms with Crippen LogP contribution in [0.3, 0.4) is 0 Å². The van der Waals surface area contributed by atoms with Crippen LogP contribution >= 0.6 is 0 Å². The number of nitriles is 1. The highest BCUT2D eigenvalue weighted by Gasteiger charge is 2.35. The highest BCUT2D eigenvalue weighted by molar-refractivity contribution is 6.04. The van der Waals surface area contributed by atoms with E-state index in [1.807, 2.05) is 19.1 Å². The summed E-state index contributed by atoms with van der Waals surface area (Å²) in [5.74, 6) is 1.84. The van der Waals surface area contributed by atoms with E-state index in [-0.39, 0.29) is 17.6 Å². The quantitative estimate of drug-likeness (QED) is 0.248. The maximum Gasteiger partial charge on any atom is 0.255 e. The molecule has 0 bridgehead atoms. The number of carbonyl (C=O) groups is 2. The van der Waals surface area contributed by atoms with Crippen molar-refractivity contribution in [3.8, 4) is 23.4 Å². The van der Waals surface area contributed by atoms with Gasteiger partial charge in [-0.15, -0.1) is 5.10 Å². The Morgan fingerprint density at radius 1 is 1.10 bits per heavy atom. The molecule has 208 valence electrons. The summed E-state index contributed by atoms with van der Waals surface area (Å²) in [6.07, 6.45) is 7.10. The van der Waals surface area contributed by atoms with Crippen molar-refractivity contribution in [2.75, 3.05) is 12.4 Å². The lowest BCUT2D eigenvalue weighted by Gasteiger charge is -2.22. The molecule has 0 saturated heterocycles. The van der Waals surface area contributed by atoms with Gasteiger partial charge >= 0.3 is 0 Å². The van der Waals surface area contributed by atoms with E-state index < -0.39 is 5.41 Å². The van der Waals surface area contributed by atoms with Gasteiger partial charge in [0.05, 0.1) is 36.9 Å². The number of nitrogens with one attached hydrogen (secondary N) is 1. The lowest BCUT2D eigenvalue weighted by atomic mass is 9.79. The fraction of sp³-hybridized carbons (Fsp3) is 0.344. The smallest absolute Gasteiger partial charge is 0.255 e. The summed E-state index contributed by atoms with van der Waals surface area (Å²) in [6.45, 7) is 1.94. The van der Waals surface area contributed by atoms with Crippen molar-refractivity contribution < 1.29 is 19.1 Å². The molecule has 0 aliphatic heterocycles. The van der Waals surface area contributed by atoms with Crippen molar-refractivity contribution in [1.82, 2.24) is 14.6 Å². The molecule has 1 amide bonds. The summed E-state index contributed by atoms with van der Waals surface area (Å²) < 4.78 is 13.1. The van der Waals surface area contributed by atoms with Gasteiger partial charge in [0.2, 0.25) is 5.88 Å². The Morgan fingerprint density at radius 3 is 2.66 bits per heavy atom. The van der Waals surface area contributed by atoms with Gasteiger partial charge in [-0.2, -0.15) is 5.26 Å². The number of imidazole rings is 1. The summed E-state index contributed by atoms with van der Waals surface area (Å²) in [5, 5.41) is 17.3. The average molecular weight is 550 g/mol. The van der Waals surface area contributed by atoms with Gasteiger partial charge in [-0.05, 0) is 68.0 Å². The van der Waals surface area contributed by atoms with Crippen molar-refractivity contribution >= 4 is 23.0 Å². The Hall–Kier alpha value is -4.71. The summed E-state index contributed by atoms with van der Waals surface area (Å²) in [7, 11) is 1.54. The largest absolute Gasteiger partial charge is 0.493 e. The highest BCUT2D eigenvalue weighted by atomic mass is 16.5. The monoisotopic (exact) mass is 549 g/mol. The lowest BCUT2D eigenvalue weighted by Crippen LogP contribution is -2.21. The fourth-order valence-electron chi connectivity index (χ4n) is 5.06. The molecule has 1 atom stereocenters. The van der Waals surface area contributed by atoms with Gasteiger partial charge in [0.25, 0.3) is 5.91 Å². The van der Waals surface area contributed by atoms with Gasteiger partial charge in [0, 0.05) is 29.3 Å². The van der Waals surface area contributed by atoms with Crippen molar-refractivity contribution in [3.63, 3.8) is 0 Å². The summed E-state index contributed by atoms with van der Waals surface area (Å²) in [4.78, 5) is 29.9. The molecule has 4 aromatic rings. The van der Waals surface area contributed by atoms with Crippen LogP contribution in [0, 0.1) is 23.2 Å². The molecule has 2 aliphatic rings. The predicted octanol–water partition coefficient (Wildman–Crippen LogP) is 5.89. The van der Waals surface area contributed by atoms with Crippen molar-refractivity contribution in [1.29, 1.82) is 5.26 Å². The second kappa shape index (κ2) is 10.7. The van der Waals surface area contributed by atoms with Crippen molar-refractivity contribution in [2.24, 2.45) is 11.8 Å². The highest BCUT2D eigenvalue weighted by Crippen LogP contribution is 2.42. The van der Waals surface area contributed by atoms with Crippen LogP contribution in [0.5, 0.6) is 17.4 Å². The maximum absolute atomic E-state index is 13.2. The molecule has 1 N–H and O–H groups in total. The van der Waals surface area contributed by atoms with E-state index >= 15 is 0 Å². The number of ether oxygens (including phenoxy) is 2. The number of Topliss-reactive ketones (excluding diaryl/α,β-unsaturated/α-hetero) is 1. The molecule has 41 heavy (non-hydrogen) atoms. The molecule has 0 radical (unpaired) electrons. The first-order chi connectivity index (χ1) is 19.8. The predicted molar refractivity (Wildman–Crippen MR) is 152 cm³/mol. The van der Waals surface area contributed by atoms with Crippen LogP contribution in [-0.2, 0) is 16.6 Å². The van der Waals surface area contributed by atoms with Crippen LogP contribution < -0.4 is 14.8 Å². The SMILES string of the molecule is COc1ccc(NC(=O)c2cccc(C(C)(C#N)CC3CC3)c2)cc1Oc1ccc2nc(CC(=O)C3CC3)cn2n1. The van der Waals surface area contributed by atoms with Crippen LogP contribution in [0.25, 0.3) is 5.65 Å². The zero-order valence-electron chi connectivity index (χ0n) is 23.1. The normalized spacial score (nSPS) is 16.0. The second-order valence-electron chi connectivity index (χ2n) is 11.2. The minimum Gasteiger partial charge on any atom is -0.493 e. The van der Waals surface area contributed by atoms with E-state index in [0.717, 1.165) is 37.7 Å². The molecule has 2 aromatic carbocycles. The fourth-order valence-corrected chi connectivity index (χ4v) is 5.06. The molecule has 1 unspecified atom stereocenters. The summed E-state index contributed by atoms with van der Waals surface area (Å²) in [5.41, 5.74) is 2.51. The lowest BCUT2D eigenvalue weighted by molar-refractivity contribution is -0.119. The molecular formula is C32H31N5O4. The number of nitrogens with zero attached hydrogens (tertiary/aromatic N) is 4. The first-order valence-corrected chi connectivity index (χ1v) is 13.9. The summed E-state index contributed by atoms with van der Waals surface area (Å²) >= 11 is 0. The third-order valence-corrected chi connectivity index (χ3v) is 7.77. The van der Waals surface area contributed by atoms with E-state index in [9.17, 15) is 14.9 Å².